The van der Waals surface area contributed by atoms with Crippen LogP contribution in [0.25, 0.3) is 0 Å². The molecule has 2 nitrogen and oxygen atoms in total. The monoisotopic (exact) mass is 296 g/mol. The fourth-order valence-electron chi connectivity index (χ4n) is 3.39. The van der Waals surface area contributed by atoms with Crippen molar-refractivity contribution in [1.82, 2.24) is 4.98 Å². The van der Waals surface area contributed by atoms with Crippen molar-refractivity contribution < 1.29 is 21.5 Å². The topological polar surface area (TPSA) is 12.9 Å². The van der Waals surface area contributed by atoms with Crippen LogP contribution in [0.5, 0.6) is 0 Å². The number of pyridine rings is 1. The van der Waals surface area contributed by atoms with Gasteiger partial charge in [0.05, 0.1) is 26.2 Å². The molecule has 0 N–H and O–H groups in total. The third-order valence-corrected chi connectivity index (χ3v) is 4.66. The van der Waals surface area contributed by atoms with Gasteiger partial charge in [-0.25, -0.2) is 0 Å². The normalized spacial score (nSPS) is 30.9. The Morgan fingerprint density at radius 3 is 2.24 bits per heavy atom. The van der Waals surface area contributed by atoms with Gasteiger partial charge in [-0.1, -0.05) is 0 Å². The van der Waals surface area contributed by atoms with E-state index in [1.165, 1.54) is 61.9 Å². The second kappa shape index (κ2) is 5.49. The molecule has 3 fully saturated rings. The summed E-state index contributed by atoms with van der Waals surface area (Å²) in [6, 6.07) is 4.32. The Hall–Kier alpha value is -0.410. The SMILES string of the molecule is [Br-].c1cc(CC[N+]23CCC(CC2)CC3)ccn1. The lowest BCUT2D eigenvalue weighted by atomic mass is 9.85. The molecular weight excluding hydrogens is 276 g/mol. The summed E-state index contributed by atoms with van der Waals surface area (Å²) in [5.74, 6) is 1.07. The van der Waals surface area contributed by atoms with E-state index in [0.717, 1.165) is 5.92 Å². The van der Waals surface area contributed by atoms with Crippen LogP contribution in [0, 0.1) is 5.92 Å². The van der Waals surface area contributed by atoms with Crippen LogP contribution in [-0.2, 0) is 6.42 Å². The lowest BCUT2D eigenvalue weighted by molar-refractivity contribution is -0.942. The summed E-state index contributed by atoms with van der Waals surface area (Å²) in [6.07, 6.45) is 9.51. The summed E-state index contributed by atoms with van der Waals surface area (Å²) < 4.78 is 1.40. The highest BCUT2D eigenvalue weighted by Gasteiger charge is 2.38. The number of quaternary nitrogens is 1. The number of halogens is 1. The Morgan fingerprint density at radius 1 is 1.06 bits per heavy atom. The quantitative estimate of drug-likeness (QED) is 0.670. The molecule has 2 bridgehead atoms. The van der Waals surface area contributed by atoms with Crippen molar-refractivity contribution in [3.8, 4) is 0 Å². The summed E-state index contributed by atoms with van der Waals surface area (Å²) in [5.41, 5.74) is 1.45. The number of fused-ring (bicyclic) bond motifs is 3. The van der Waals surface area contributed by atoms with Gasteiger partial charge in [-0.2, -0.15) is 0 Å². The van der Waals surface area contributed by atoms with Crippen molar-refractivity contribution >= 4 is 0 Å². The number of hydrogen-bond acceptors (Lipinski definition) is 1. The smallest absolute Gasteiger partial charge is 0.0827 e. The molecule has 3 saturated heterocycles. The third kappa shape index (κ3) is 2.89. The number of piperidine rings is 3. The van der Waals surface area contributed by atoms with Gasteiger partial charge in [-0.3, -0.25) is 4.98 Å². The van der Waals surface area contributed by atoms with Crippen LogP contribution in [0.4, 0.5) is 0 Å². The Balaban J connectivity index is 0.00000108. The first kappa shape index (κ1) is 13.0. The number of nitrogens with zero attached hydrogens (tertiary/aromatic N) is 2. The maximum atomic E-state index is 4.08. The van der Waals surface area contributed by atoms with Gasteiger partial charge in [0.2, 0.25) is 0 Å². The Kier molecular flexibility index (Phi) is 4.21. The Morgan fingerprint density at radius 2 is 1.65 bits per heavy atom. The predicted octanol–water partition coefficient (Wildman–Crippen LogP) is -0.741. The minimum absolute atomic E-state index is 0. The van der Waals surface area contributed by atoms with E-state index < -0.39 is 0 Å². The predicted molar refractivity (Wildman–Crippen MR) is 65.0 cm³/mol. The number of rotatable bonds is 3. The van der Waals surface area contributed by atoms with Crippen LogP contribution in [0.1, 0.15) is 24.8 Å². The van der Waals surface area contributed by atoms with Crippen molar-refractivity contribution in [2.24, 2.45) is 5.92 Å². The molecule has 17 heavy (non-hydrogen) atoms. The van der Waals surface area contributed by atoms with Gasteiger partial charge < -0.3 is 21.5 Å². The average molecular weight is 297 g/mol. The fourth-order valence-corrected chi connectivity index (χ4v) is 3.39. The van der Waals surface area contributed by atoms with Crippen LogP contribution in [-0.4, -0.2) is 35.6 Å². The Bertz CT molecular complexity index is 331. The molecule has 4 heterocycles. The van der Waals surface area contributed by atoms with Crippen LogP contribution in [0.15, 0.2) is 24.5 Å². The maximum absolute atomic E-state index is 4.08. The minimum atomic E-state index is 0. The number of hydrogen-bond donors (Lipinski definition) is 0. The van der Waals surface area contributed by atoms with E-state index in [4.69, 9.17) is 0 Å². The molecule has 0 aliphatic carbocycles. The third-order valence-electron chi connectivity index (χ3n) is 4.66. The van der Waals surface area contributed by atoms with E-state index in [2.05, 4.69) is 17.1 Å². The van der Waals surface area contributed by atoms with Crippen molar-refractivity contribution in [1.29, 1.82) is 0 Å². The summed E-state index contributed by atoms with van der Waals surface area (Å²) in [6.45, 7) is 5.66. The van der Waals surface area contributed by atoms with Gasteiger partial charge in [0, 0.05) is 18.8 Å². The molecule has 1 aromatic rings. The first-order valence-corrected chi connectivity index (χ1v) is 6.60. The van der Waals surface area contributed by atoms with Crippen LogP contribution < -0.4 is 17.0 Å². The minimum Gasteiger partial charge on any atom is -1.00 e. The molecule has 0 spiro atoms. The van der Waals surface area contributed by atoms with Gasteiger partial charge in [-0.15, -0.1) is 0 Å². The van der Waals surface area contributed by atoms with E-state index in [1.54, 1.807) is 0 Å². The van der Waals surface area contributed by atoms with Crippen molar-refractivity contribution in [3.05, 3.63) is 30.1 Å². The molecule has 3 aliphatic heterocycles. The second-order valence-corrected chi connectivity index (χ2v) is 5.57. The van der Waals surface area contributed by atoms with E-state index in [-0.39, 0.29) is 17.0 Å². The highest BCUT2D eigenvalue weighted by molar-refractivity contribution is 5.09. The van der Waals surface area contributed by atoms with Crippen molar-refractivity contribution in [3.63, 3.8) is 0 Å². The zero-order chi connectivity index (χ0) is 10.8. The lowest BCUT2D eigenvalue weighted by Crippen LogP contribution is -3.00. The molecule has 3 heteroatoms. The molecule has 1 aromatic heterocycles. The molecule has 0 aromatic carbocycles. The van der Waals surface area contributed by atoms with Gasteiger partial charge in [-0.05, 0) is 42.9 Å². The van der Waals surface area contributed by atoms with Crippen LogP contribution in [0.2, 0.25) is 0 Å². The average Bonchev–Trinajstić information content (AvgIpc) is 2.40. The summed E-state index contributed by atoms with van der Waals surface area (Å²) in [7, 11) is 0. The summed E-state index contributed by atoms with van der Waals surface area (Å²) >= 11 is 0. The molecule has 0 saturated carbocycles. The standard InChI is InChI=1S/C14H21N2.BrH/c1-7-15-8-2-13(1)3-9-16-10-4-14(5-11-16)6-12-16;/h1-2,7-8,14H,3-6,9-12H2;1H/q+1;/p-1. The van der Waals surface area contributed by atoms with Crippen molar-refractivity contribution in [2.75, 3.05) is 26.2 Å². The molecule has 94 valence electrons. The molecule has 4 rings (SSSR count). The van der Waals surface area contributed by atoms with Gasteiger partial charge in [0.1, 0.15) is 0 Å². The van der Waals surface area contributed by atoms with E-state index in [0.29, 0.717) is 0 Å². The zero-order valence-electron chi connectivity index (χ0n) is 10.3. The molecule has 0 atom stereocenters. The van der Waals surface area contributed by atoms with E-state index in [9.17, 15) is 0 Å². The summed E-state index contributed by atoms with van der Waals surface area (Å²) in [5, 5.41) is 0. The van der Waals surface area contributed by atoms with E-state index >= 15 is 0 Å². The van der Waals surface area contributed by atoms with Crippen LogP contribution >= 0.6 is 0 Å². The molecule has 0 radical (unpaired) electrons. The molecule has 0 amide bonds. The maximum Gasteiger partial charge on any atom is 0.0827 e. The fraction of sp³-hybridized carbons (Fsp3) is 0.643. The van der Waals surface area contributed by atoms with E-state index in [1.807, 2.05) is 12.4 Å². The second-order valence-electron chi connectivity index (χ2n) is 5.57. The zero-order valence-corrected chi connectivity index (χ0v) is 11.9. The molecular formula is C14H21BrN2. The molecule has 0 unspecified atom stereocenters. The van der Waals surface area contributed by atoms with Gasteiger partial charge >= 0.3 is 0 Å². The first-order valence-electron chi connectivity index (χ1n) is 6.60. The highest BCUT2D eigenvalue weighted by atomic mass is 79.9. The Labute approximate surface area is 114 Å². The molecule has 3 aliphatic rings. The largest absolute Gasteiger partial charge is 1.00 e. The van der Waals surface area contributed by atoms with Gasteiger partial charge in [0.15, 0.2) is 0 Å². The van der Waals surface area contributed by atoms with Crippen LogP contribution in [0.3, 0.4) is 0 Å². The highest BCUT2D eigenvalue weighted by Crippen LogP contribution is 2.33. The van der Waals surface area contributed by atoms with Crippen molar-refractivity contribution in [2.45, 2.75) is 25.7 Å². The summed E-state index contributed by atoms with van der Waals surface area (Å²) in [4.78, 5) is 4.08. The lowest BCUT2D eigenvalue weighted by Gasteiger charge is -2.49. The number of aromatic nitrogens is 1. The first-order chi connectivity index (χ1) is 7.86. The van der Waals surface area contributed by atoms with Gasteiger partial charge in [0.25, 0.3) is 0 Å².